The van der Waals surface area contributed by atoms with E-state index in [-0.39, 0.29) is 18.2 Å². The van der Waals surface area contributed by atoms with Gasteiger partial charge in [-0.15, -0.1) is 0 Å². The van der Waals surface area contributed by atoms with E-state index in [1.54, 1.807) is 0 Å². The van der Waals surface area contributed by atoms with Gasteiger partial charge in [0.2, 0.25) is 11.8 Å². The average Bonchev–Trinajstić information content (AvgIpc) is 2.84. The summed E-state index contributed by atoms with van der Waals surface area (Å²) in [4.78, 5) is 38.0. The topological polar surface area (TPSA) is 77.9 Å². The molecule has 1 atom stereocenters. The monoisotopic (exact) mass is 296 g/mol. The molecule has 6 nitrogen and oxygen atoms in total. The van der Waals surface area contributed by atoms with E-state index in [9.17, 15) is 14.4 Å². The third-order valence-corrected chi connectivity index (χ3v) is 4.30. The zero-order valence-corrected chi connectivity index (χ0v) is 12.4. The Balaban J connectivity index is 1.75. The third-order valence-electron chi connectivity index (χ3n) is 4.30. The van der Waals surface area contributed by atoms with Crippen LogP contribution in [0.3, 0.4) is 0 Å². The molecule has 6 heteroatoms. The first kappa shape index (κ1) is 15.8. The van der Waals surface area contributed by atoms with Crippen LogP contribution >= 0.6 is 0 Å². The number of aliphatic carboxylic acids is 1. The normalized spacial score (nSPS) is 22.7. The molecule has 1 N–H and O–H groups in total. The number of carboxylic acid groups (broad SMARTS) is 1. The average molecular weight is 296 g/mol. The second-order valence-corrected chi connectivity index (χ2v) is 6.04. The Morgan fingerprint density at radius 3 is 2.67 bits per heavy atom. The number of nitrogens with zero attached hydrogens (tertiary/aromatic N) is 2. The van der Waals surface area contributed by atoms with E-state index in [2.05, 4.69) is 0 Å². The van der Waals surface area contributed by atoms with Crippen LogP contribution in [0.1, 0.15) is 44.9 Å². The second-order valence-electron chi connectivity index (χ2n) is 6.04. The van der Waals surface area contributed by atoms with Crippen molar-refractivity contribution in [1.29, 1.82) is 0 Å². The van der Waals surface area contributed by atoms with Crippen LogP contribution in [0.4, 0.5) is 0 Å². The van der Waals surface area contributed by atoms with Gasteiger partial charge in [0.1, 0.15) is 0 Å². The SMILES string of the molecule is O=C(O)CCCC(=O)N1CCCC(CN2CCCC2=O)C1. The summed E-state index contributed by atoms with van der Waals surface area (Å²) in [5, 5.41) is 8.60. The summed E-state index contributed by atoms with van der Waals surface area (Å²) < 4.78 is 0. The first-order valence-corrected chi connectivity index (χ1v) is 7.83. The van der Waals surface area contributed by atoms with Crippen LogP contribution in [0.5, 0.6) is 0 Å². The van der Waals surface area contributed by atoms with E-state index >= 15 is 0 Å². The van der Waals surface area contributed by atoms with Crippen molar-refractivity contribution in [1.82, 2.24) is 9.80 Å². The molecule has 0 aromatic carbocycles. The van der Waals surface area contributed by atoms with Crippen LogP contribution in [0, 0.1) is 5.92 Å². The van der Waals surface area contributed by atoms with E-state index in [0.29, 0.717) is 31.7 Å². The van der Waals surface area contributed by atoms with Crippen LogP contribution in [0.15, 0.2) is 0 Å². The molecule has 0 aromatic rings. The van der Waals surface area contributed by atoms with Crippen molar-refractivity contribution < 1.29 is 19.5 Å². The molecule has 2 fully saturated rings. The van der Waals surface area contributed by atoms with E-state index in [1.165, 1.54) is 0 Å². The highest BCUT2D eigenvalue weighted by atomic mass is 16.4. The van der Waals surface area contributed by atoms with Crippen molar-refractivity contribution in [2.45, 2.75) is 44.9 Å². The van der Waals surface area contributed by atoms with Gasteiger partial charge in [0, 0.05) is 45.4 Å². The largest absolute Gasteiger partial charge is 0.481 e. The standard InChI is InChI=1S/C15H24N2O4/c18-13(5-1-7-15(20)21)16-8-2-4-12(10-16)11-17-9-3-6-14(17)19/h12H,1-11H2,(H,20,21). The quantitative estimate of drug-likeness (QED) is 0.796. The van der Waals surface area contributed by atoms with Crippen molar-refractivity contribution in [3.63, 3.8) is 0 Å². The predicted molar refractivity (Wildman–Crippen MR) is 76.6 cm³/mol. The van der Waals surface area contributed by atoms with Gasteiger partial charge in [0.15, 0.2) is 0 Å². The molecule has 0 spiro atoms. The Labute approximate surface area is 125 Å². The molecule has 0 saturated carbocycles. The molecule has 0 bridgehead atoms. The fourth-order valence-electron chi connectivity index (χ4n) is 3.20. The Hall–Kier alpha value is -1.59. The van der Waals surface area contributed by atoms with E-state index < -0.39 is 5.97 Å². The number of hydrogen-bond donors (Lipinski definition) is 1. The summed E-state index contributed by atoms with van der Waals surface area (Å²) in [6, 6.07) is 0. The zero-order chi connectivity index (χ0) is 15.2. The lowest BCUT2D eigenvalue weighted by molar-refractivity contribution is -0.137. The number of carbonyl (C=O) groups is 3. The lowest BCUT2D eigenvalue weighted by Crippen LogP contribution is -2.44. The molecule has 2 aliphatic heterocycles. The van der Waals surface area contributed by atoms with Gasteiger partial charge in [-0.05, 0) is 31.6 Å². The molecule has 0 aliphatic carbocycles. The molecule has 2 saturated heterocycles. The molecular weight excluding hydrogens is 272 g/mol. The first-order chi connectivity index (χ1) is 10.1. The third kappa shape index (κ3) is 4.72. The van der Waals surface area contributed by atoms with Gasteiger partial charge >= 0.3 is 5.97 Å². The summed E-state index contributed by atoms with van der Waals surface area (Å²) in [7, 11) is 0. The van der Waals surface area contributed by atoms with Gasteiger partial charge in [0.25, 0.3) is 0 Å². The summed E-state index contributed by atoms with van der Waals surface area (Å²) >= 11 is 0. The summed E-state index contributed by atoms with van der Waals surface area (Å²) in [5.74, 6) is -0.204. The van der Waals surface area contributed by atoms with Crippen LogP contribution in [-0.2, 0) is 14.4 Å². The summed E-state index contributed by atoms with van der Waals surface area (Å²) in [6.07, 6.45) is 4.39. The predicted octanol–water partition coefficient (Wildman–Crippen LogP) is 1.10. The van der Waals surface area contributed by atoms with Crippen molar-refractivity contribution in [2.75, 3.05) is 26.2 Å². The minimum absolute atomic E-state index is 0.0469. The van der Waals surface area contributed by atoms with E-state index in [4.69, 9.17) is 5.11 Å². The van der Waals surface area contributed by atoms with E-state index in [1.807, 2.05) is 9.80 Å². The van der Waals surface area contributed by atoms with Gasteiger partial charge in [-0.1, -0.05) is 0 Å². The van der Waals surface area contributed by atoms with Gasteiger partial charge in [0.05, 0.1) is 0 Å². The number of likely N-dealkylation sites (tertiary alicyclic amines) is 2. The molecule has 0 aromatic heterocycles. The highest BCUT2D eigenvalue weighted by molar-refractivity contribution is 5.78. The highest BCUT2D eigenvalue weighted by Crippen LogP contribution is 2.21. The Kier molecular flexibility index (Phi) is 5.59. The van der Waals surface area contributed by atoms with Gasteiger partial charge in [-0.3, -0.25) is 14.4 Å². The maximum absolute atomic E-state index is 12.1. The number of carbonyl (C=O) groups excluding carboxylic acids is 2. The molecular formula is C15H24N2O4. The Bertz CT molecular complexity index is 410. The summed E-state index contributed by atoms with van der Waals surface area (Å²) in [5.41, 5.74) is 0. The second kappa shape index (κ2) is 7.43. The maximum Gasteiger partial charge on any atom is 0.303 e. The first-order valence-electron chi connectivity index (χ1n) is 7.83. The van der Waals surface area contributed by atoms with E-state index in [0.717, 1.165) is 38.9 Å². The number of rotatable bonds is 6. The fourth-order valence-corrected chi connectivity index (χ4v) is 3.20. The summed E-state index contributed by atoms with van der Waals surface area (Å²) in [6.45, 7) is 3.08. The van der Waals surface area contributed by atoms with Gasteiger partial charge in [-0.25, -0.2) is 0 Å². The minimum atomic E-state index is -0.855. The van der Waals surface area contributed by atoms with Crippen molar-refractivity contribution in [3.8, 4) is 0 Å². The lowest BCUT2D eigenvalue weighted by atomic mass is 9.97. The fraction of sp³-hybridized carbons (Fsp3) is 0.800. The van der Waals surface area contributed by atoms with Crippen LogP contribution < -0.4 is 0 Å². The lowest BCUT2D eigenvalue weighted by Gasteiger charge is -2.34. The molecule has 2 heterocycles. The molecule has 2 amide bonds. The van der Waals surface area contributed by atoms with Crippen LogP contribution in [0.2, 0.25) is 0 Å². The number of carboxylic acids is 1. The van der Waals surface area contributed by atoms with Crippen molar-refractivity contribution in [2.24, 2.45) is 5.92 Å². The van der Waals surface area contributed by atoms with Gasteiger partial charge < -0.3 is 14.9 Å². The zero-order valence-electron chi connectivity index (χ0n) is 12.4. The Morgan fingerprint density at radius 1 is 1.19 bits per heavy atom. The molecule has 2 aliphatic rings. The highest BCUT2D eigenvalue weighted by Gasteiger charge is 2.28. The van der Waals surface area contributed by atoms with Crippen LogP contribution in [-0.4, -0.2) is 58.9 Å². The smallest absolute Gasteiger partial charge is 0.303 e. The molecule has 2 rings (SSSR count). The minimum Gasteiger partial charge on any atom is -0.481 e. The van der Waals surface area contributed by atoms with Crippen molar-refractivity contribution >= 4 is 17.8 Å². The molecule has 21 heavy (non-hydrogen) atoms. The maximum atomic E-state index is 12.1. The molecule has 1 unspecified atom stereocenters. The number of hydrogen-bond acceptors (Lipinski definition) is 3. The van der Waals surface area contributed by atoms with Crippen LogP contribution in [0.25, 0.3) is 0 Å². The van der Waals surface area contributed by atoms with Gasteiger partial charge in [-0.2, -0.15) is 0 Å². The molecule has 118 valence electrons. The number of piperidine rings is 1. The number of amides is 2. The Morgan fingerprint density at radius 2 is 2.00 bits per heavy atom. The van der Waals surface area contributed by atoms with Crippen molar-refractivity contribution in [3.05, 3.63) is 0 Å². The molecule has 0 radical (unpaired) electrons.